The first-order valence-electron chi connectivity index (χ1n) is 6.26. The zero-order valence-electron chi connectivity index (χ0n) is 11.4. The largest absolute Gasteiger partial charge is 0.343 e. The van der Waals surface area contributed by atoms with E-state index in [-0.39, 0.29) is 30.2 Å². The molecule has 1 aliphatic carbocycles. The number of aliphatic imine (C=N–C) groups is 1. The number of rotatable bonds is 7. The van der Waals surface area contributed by atoms with Crippen LogP contribution in [-0.4, -0.2) is 51.1 Å². The smallest absolute Gasteiger partial charge is 0.236 e. The third kappa shape index (κ3) is 3.59. The van der Waals surface area contributed by atoms with Crippen molar-refractivity contribution < 1.29 is 17.9 Å². The van der Waals surface area contributed by atoms with Crippen molar-refractivity contribution in [3.05, 3.63) is 25.1 Å². The molecule has 112 valence electrons. The molecule has 2 rings (SSSR count). The average molecular weight is 301 g/mol. The van der Waals surface area contributed by atoms with E-state index >= 15 is 0 Å². The molecule has 1 heterocycles. The van der Waals surface area contributed by atoms with Crippen molar-refractivity contribution in [2.45, 2.75) is 30.4 Å². The molecule has 7 nitrogen and oxygen atoms in total. The molecule has 0 bridgehead atoms. The molecular formula is C12H19N3O4S. The number of hydrogen-bond donors (Lipinski definition) is 1. The predicted octanol–water partition coefficient (Wildman–Crippen LogP) is 0.385. The van der Waals surface area contributed by atoms with Gasteiger partial charge in [0.25, 0.3) is 0 Å². The van der Waals surface area contributed by atoms with Gasteiger partial charge in [0.1, 0.15) is 11.9 Å². The number of ether oxygens (including phenoxy) is 2. The SMILES string of the molecule is C=CC1OCOC1N(C)C=NC(=C)NS(=O)(=O)C1CC1. The van der Waals surface area contributed by atoms with Crippen molar-refractivity contribution in [1.82, 2.24) is 9.62 Å². The summed E-state index contributed by atoms with van der Waals surface area (Å²) in [5.41, 5.74) is 0. The molecule has 1 saturated heterocycles. The normalized spacial score (nSPS) is 26.6. The van der Waals surface area contributed by atoms with E-state index in [1.807, 2.05) is 0 Å². The Morgan fingerprint density at radius 3 is 2.75 bits per heavy atom. The summed E-state index contributed by atoms with van der Waals surface area (Å²) in [6.07, 6.45) is 3.91. The second kappa shape index (κ2) is 5.94. The molecule has 0 aromatic rings. The Labute approximate surface area is 119 Å². The Balaban J connectivity index is 1.88. The molecule has 1 N–H and O–H groups in total. The van der Waals surface area contributed by atoms with Gasteiger partial charge < -0.3 is 14.4 Å². The van der Waals surface area contributed by atoms with E-state index < -0.39 is 10.0 Å². The van der Waals surface area contributed by atoms with Gasteiger partial charge in [0.15, 0.2) is 13.0 Å². The minimum absolute atomic E-state index is 0.0813. The van der Waals surface area contributed by atoms with Crippen molar-refractivity contribution in [2.75, 3.05) is 13.8 Å². The standard InChI is InChI=1S/C12H19N3O4S/c1-4-11-12(19-8-18-11)15(3)7-13-9(2)14-20(16,17)10-5-6-10/h4,7,10-12,14H,1-2,5-6,8H2,3H3. The lowest BCUT2D eigenvalue weighted by atomic mass is 10.3. The van der Waals surface area contributed by atoms with Crippen LogP contribution in [0.15, 0.2) is 30.0 Å². The summed E-state index contributed by atoms with van der Waals surface area (Å²) >= 11 is 0. The summed E-state index contributed by atoms with van der Waals surface area (Å²) in [5.74, 6) is 0.0813. The predicted molar refractivity (Wildman–Crippen MR) is 75.3 cm³/mol. The van der Waals surface area contributed by atoms with Gasteiger partial charge in [-0.15, -0.1) is 6.58 Å². The monoisotopic (exact) mass is 301 g/mol. The van der Waals surface area contributed by atoms with E-state index in [4.69, 9.17) is 9.47 Å². The van der Waals surface area contributed by atoms with Gasteiger partial charge in [-0.25, -0.2) is 13.4 Å². The van der Waals surface area contributed by atoms with E-state index in [1.165, 1.54) is 6.34 Å². The molecule has 0 radical (unpaired) electrons. The third-order valence-corrected chi connectivity index (χ3v) is 4.90. The minimum Gasteiger partial charge on any atom is -0.343 e. The first-order chi connectivity index (χ1) is 9.44. The first kappa shape index (κ1) is 15.0. The average Bonchev–Trinajstić information content (AvgIpc) is 3.15. The first-order valence-corrected chi connectivity index (χ1v) is 7.81. The molecule has 2 atom stereocenters. The molecule has 2 aliphatic rings. The molecule has 2 fully saturated rings. The van der Waals surface area contributed by atoms with Gasteiger partial charge in [-0.2, -0.15) is 0 Å². The van der Waals surface area contributed by atoms with Gasteiger partial charge in [0, 0.05) is 7.05 Å². The lowest BCUT2D eigenvalue weighted by molar-refractivity contribution is 0.0125. The molecule has 1 aliphatic heterocycles. The molecule has 20 heavy (non-hydrogen) atoms. The van der Waals surface area contributed by atoms with Crippen LogP contribution in [0.2, 0.25) is 0 Å². The molecule has 1 saturated carbocycles. The van der Waals surface area contributed by atoms with E-state index in [1.54, 1.807) is 18.0 Å². The van der Waals surface area contributed by atoms with Gasteiger partial charge >= 0.3 is 0 Å². The van der Waals surface area contributed by atoms with Gasteiger partial charge in [0.2, 0.25) is 10.0 Å². The van der Waals surface area contributed by atoms with Crippen LogP contribution in [-0.2, 0) is 19.5 Å². The highest BCUT2D eigenvalue weighted by atomic mass is 32.2. The van der Waals surface area contributed by atoms with E-state index in [0.717, 1.165) is 0 Å². The third-order valence-electron chi connectivity index (χ3n) is 3.03. The van der Waals surface area contributed by atoms with Gasteiger partial charge in [-0.3, -0.25) is 4.72 Å². The molecule has 2 unspecified atom stereocenters. The summed E-state index contributed by atoms with van der Waals surface area (Å²) in [4.78, 5) is 5.66. The fourth-order valence-electron chi connectivity index (χ4n) is 1.78. The van der Waals surface area contributed by atoms with Crippen LogP contribution < -0.4 is 4.72 Å². The van der Waals surface area contributed by atoms with E-state index in [9.17, 15) is 8.42 Å². The number of likely N-dealkylation sites (N-methyl/N-ethyl adjacent to an activating group) is 1. The second-order valence-corrected chi connectivity index (χ2v) is 6.71. The highest BCUT2D eigenvalue weighted by Gasteiger charge is 2.36. The molecule has 0 amide bonds. The Hall–Kier alpha value is -1.38. The number of nitrogens with zero attached hydrogens (tertiary/aromatic N) is 2. The molecule has 0 aromatic carbocycles. The van der Waals surface area contributed by atoms with Crippen molar-refractivity contribution in [3.8, 4) is 0 Å². The maximum atomic E-state index is 11.7. The highest BCUT2D eigenvalue weighted by Crippen LogP contribution is 2.27. The summed E-state index contributed by atoms with van der Waals surface area (Å²) in [5, 5.41) is -0.302. The summed E-state index contributed by atoms with van der Waals surface area (Å²) in [6.45, 7) is 7.43. The summed E-state index contributed by atoms with van der Waals surface area (Å²) < 4.78 is 36.4. The molecule has 8 heteroatoms. The van der Waals surface area contributed by atoms with Crippen molar-refractivity contribution in [1.29, 1.82) is 0 Å². The van der Waals surface area contributed by atoms with Gasteiger partial charge in [-0.05, 0) is 12.8 Å². The van der Waals surface area contributed by atoms with Crippen LogP contribution in [0, 0.1) is 0 Å². The zero-order chi connectivity index (χ0) is 14.8. The molecular weight excluding hydrogens is 282 g/mol. The Kier molecular flexibility index (Phi) is 4.46. The molecule has 0 aromatic heterocycles. The Morgan fingerprint density at radius 1 is 1.45 bits per heavy atom. The van der Waals surface area contributed by atoms with E-state index in [2.05, 4.69) is 22.9 Å². The Bertz CT molecular complexity index is 513. The maximum absolute atomic E-state index is 11.7. The Morgan fingerprint density at radius 2 is 2.15 bits per heavy atom. The number of hydrogen-bond acceptors (Lipinski definition) is 5. The van der Waals surface area contributed by atoms with Crippen LogP contribution in [0.1, 0.15) is 12.8 Å². The van der Waals surface area contributed by atoms with Crippen LogP contribution >= 0.6 is 0 Å². The van der Waals surface area contributed by atoms with Crippen LogP contribution in [0.4, 0.5) is 0 Å². The number of nitrogens with one attached hydrogen (secondary N) is 1. The topological polar surface area (TPSA) is 80.2 Å². The fraction of sp³-hybridized carbons (Fsp3) is 0.583. The van der Waals surface area contributed by atoms with Crippen molar-refractivity contribution in [2.24, 2.45) is 4.99 Å². The maximum Gasteiger partial charge on any atom is 0.236 e. The van der Waals surface area contributed by atoms with Crippen LogP contribution in [0.25, 0.3) is 0 Å². The zero-order valence-corrected chi connectivity index (χ0v) is 12.2. The van der Waals surface area contributed by atoms with Gasteiger partial charge in [0.05, 0.1) is 11.6 Å². The second-order valence-electron chi connectivity index (χ2n) is 4.75. The summed E-state index contributed by atoms with van der Waals surface area (Å²) in [6, 6.07) is 0. The summed E-state index contributed by atoms with van der Waals surface area (Å²) in [7, 11) is -1.57. The van der Waals surface area contributed by atoms with Crippen molar-refractivity contribution >= 4 is 16.4 Å². The fourth-order valence-corrected chi connectivity index (χ4v) is 3.08. The quantitative estimate of drug-likeness (QED) is 0.418. The lowest BCUT2D eigenvalue weighted by Gasteiger charge is -2.23. The van der Waals surface area contributed by atoms with Crippen LogP contribution in [0.5, 0.6) is 0 Å². The number of sulfonamides is 1. The van der Waals surface area contributed by atoms with Gasteiger partial charge in [-0.1, -0.05) is 12.7 Å². The highest BCUT2D eigenvalue weighted by molar-refractivity contribution is 7.90. The van der Waals surface area contributed by atoms with Crippen LogP contribution in [0.3, 0.4) is 0 Å². The van der Waals surface area contributed by atoms with Crippen molar-refractivity contribution in [3.63, 3.8) is 0 Å². The van der Waals surface area contributed by atoms with E-state index in [0.29, 0.717) is 12.8 Å². The molecule has 0 spiro atoms. The minimum atomic E-state index is -3.32. The lowest BCUT2D eigenvalue weighted by Crippen LogP contribution is -2.37.